The summed E-state index contributed by atoms with van der Waals surface area (Å²) in [6, 6.07) is 2.64. The van der Waals surface area contributed by atoms with Gasteiger partial charge in [-0.2, -0.15) is 5.10 Å². The van der Waals surface area contributed by atoms with E-state index >= 15 is 0 Å². The van der Waals surface area contributed by atoms with Gasteiger partial charge >= 0.3 is 0 Å². The molecule has 0 bridgehead atoms. The molecule has 14 heavy (non-hydrogen) atoms. The van der Waals surface area contributed by atoms with Crippen molar-refractivity contribution in [2.24, 2.45) is 7.05 Å². The monoisotopic (exact) mass is 213 g/mol. The molecular formula is C10H19N3S. The SMILES string of the molecule is CNC(C)C(C)Sc1cc(C)nn1C. The van der Waals surface area contributed by atoms with Gasteiger partial charge in [0.15, 0.2) is 0 Å². The minimum Gasteiger partial charge on any atom is -0.316 e. The topological polar surface area (TPSA) is 29.9 Å². The van der Waals surface area contributed by atoms with E-state index in [1.807, 2.05) is 37.5 Å². The van der Waals surface area contributed by atoms with E-state index < -0.39 is 0 Å². The summed E-state index contributed by atoms with van der Waals surface area (Å²) in [7, 11) is 3.99. The van der Waals surface area contributed by atoms with Crippen LogP contribution < -0.4 is 5.32 Å². The molecule has 0 aliphatic carbocycles. The predicted octanol–water partition coefficient (Wildman–Crippen LogP) is 1.82. The Labute approximate surface area is 90.3 Å². The minimum absolute atomic E-state index is 0.509. The molecule has 3 nitrogen and oxygen atoms in total. The Morgan fingerprint density at radius 1 is 1.50 bits per heavy atom. The average molecular weight is 213 g/mol. The summed E-state index contributed by atoms with van der Waals surface area (Å²) in [5.74, 6) is 0. The molecule has 0 saturated carbocycles. The van der Waals surface area contributed by atoms with Crippen LogP contribution in [0.3, 0.4) is 0 Å². The quantitative estimate of drug-likeness (QED) is 0.774. The first-order chi connectivity index (χ1) is 6.54. The van der Waals surface area contributed by atoms with Gasteiger partial charge in [0, 0.05) is 18.3 Å². The molecule has 2 atom stereocenters. The van der Waals surface area contributed by atoms with Crippen LogP contribution >= 0.6 is 11.8 Å². The highest BCUT2D eigenvalue weighted by molar-refractivity contribution is 7.99. The Morgan fingerprint density at radius 2 is 2.14 bits per heavy atom. The zero-order chi connectivity index (χ0) is 10.7. The highest BCUT2D eigenvalue weighted by Crippen LogP contribution is 2.25. The Morgan fingerprint density at radius 3 is 2.57 bits per heavy atom. The van der Waals surface area contributed by atoms with Gasteiger partial charge in [-0.25, -0.2) is 0 Å². The van der Waals surface area contributed by atoms with Crippen LogP contribution in [0.4, 0.5) is 0 Å². The summed E-state index contributed by atoms with van der Waals surface area (Å²) < 4.78 is 1.94. The Bertz CT molecular complexity index is 296. The van der Waals surface area contributed by atoms with E-state index in [1.54, 1.807) is 0 Å². The van der Waals surface area contributed by atoms with E-state index in [4.69, 9.17) is 0 Å². The van der Waals surface area contributed by atoms with Crippen molar-refractivity contribution in [2.45, 2.75) is 37.1 Å². The number of rotatable bonds is 4. The van der Waals surface area contributed by atoms with Gasteiger partial charge in [-0.3, -0.25) is 4.68 Å². The third kappa shape index (κ3) is 2.75. The van der Waals surface area contributed by atoms with Crippen molar-refractivity contribution in [1.29, 1.82) is 0 Å². The molecule has 0 aromatic carbocycles. The van der Waals surface area contributed by atoms with Gasteiger partial charge in [-0.1, -0.05) is 6.92 Å². The summed E-state index contributed by atoms with van der Waals surface area (Å²) in [5.41, 5.74) is 1.08. The third-order valence-electron chi connectivity index (χ3n) is 2.43. The standard InChI is InChI=1S/C10H19N3S/c1-7-6-10(13(5)12-7)14-9(3)8(2)11-4/h6,8-9,11H,1-5H3. The van der Waals surface area contributed by atoms with Gasteiger partial charge in [0.1, 0.15) is 0 Å². The van der Waals surface area contributed by atoms with Crippen LogP contribution in [0.1, 0.15) is 19.5 Å². The molecular weight excluding hydrogens is 194 g/mol. The van der Waals surface area contributed by atoms with E-state index in [0.717, 1.165) is 5.69 Å². The van der Waals surface area contributed by atoms with Crippen LogP contribution in [0.5, 0.6) is 0 Å². The summed E-state index contributed by atoms with van der Waals surface area (Å²) in [6.07, 6.45) is 0. The number of aromatic nitrogens is 2. The fourth-order valence-electron chi connectivity index (χ4n) is 1.22. The molecule has 1 heterocycles. The lowest BCUT2D eigenvalue weighted by atomic mass is 10.3. The van der Waals surface area contributed by atoms with E-state index in [0.29, 0.717) is 11.3 Å². The van der Waals surface area contributed by atoms with Gasteiger partial charge in [-0.15, -0.1) is 11.8 Å². The van der Waals surface area contributed by atoms with E-state index in [1.165, 1.54) is 5.03 Å². The van der Waals surface area contributed by atoms with Crippen LogP contribution in [0.25, 0.3) is 0 Å². The fraction of sp³-hybridized carbons (Fsp3) is 0.700. The largest absolute Gasteiger partial charge is 0.316 e. The first kappa shape index (κ1) is 11.6. The van der Waals surface area contributed by atoms with Gasteiger partial charge in [0.25, 0.3) is 0 Å². The molecule has 0 saturated heterocycles. The number of nitrogens with zero attached hydrogens (tertiary/aromatic N) is 2. The van der Waals surface area contributed by atoms with Crippen LogP contribution in [0.2, 0.25) is 0 Å². The molecule has 0 aliphatic heterocycles. The summed E-state index contributed by atoms with van der Waals surface area (Å²) >= 11 is 1.86. The van der Waals surface area contributed by atoms with Crippen LogP contribution in [-0.4, -0.2) is 28.1 Å². The number of aryl methyl sites for hydroxylation is 2. The molecule has 0 amide bonds. The molecule has 0 radical (unpaired) electrons. The summed E-state index contributed by atoms with van der Waals surface area (Å²) in [6.45, 7) is 6.45. The van der Waals surface area contributed by atoms with Gasteiger partial charge in [0.2, 0.25) is 0 Å². The second-order valence-electron chi connectivity index (χ2n) is 3.65. The number of nitrogens with one attached hydrogen (secondary N) is 1. The molecule has 1 aromatic heterocycles. The lowest BCUT2D eigenvalue weighted by Crippen LogP contribution is -2.30. The lowest BCUT2D eigenvalue weighted by Gasteiger charge is -2.18. The van der Waals surface area contributed by atoms with Gasteiger partial charge < -0.3 is 5.32 Å². The molecule has 80 valence electrons. The van der Waals surface area contributed by atoms with Crippen molar-refractivity contribution in [1.82, 2.24) is 15.1 Å². The van der Waals surface area contributed by atoms with Gasteiger partial charge in [-0.05, 0) is 27.0 Å². The first-order valence-corrected chi connectivity index (χ1v) is 5.77. The van der Waals surface area contributed by atoms with Crippen molar-refractivity contribution >= 4 is 11.8 Å². The Kier molecular flexibility index (Phi) is 4.01. The third-order valence-corrected chi connectivity index (χ3v) is 3.83. The zero-order valence-corrected chi connectivity index (χ0v) is 10.4. The van der Waals surface area contributed by atoms with E-state index in [9.17, 15) is 0 Å². The molecule has 2 unspecified atom stereocenters. The maximum absolute atomic E-state index is 4.32. The van der Waals surface area contributed by atoms with E-state index in [-0.39, 0.29) is 0 Å². The average Bonchev–Trinajstić information content (AvgIpc) is 2.44. The van der Waals surface area contributed by atoms with Crippen molar-refractivity contribution in [2.75, 3.05) is 7.05 Å². The Hall–Kier alpha value is -0.480. The maximum Gasteiger partial charge on any atom is 0.0942 e. The second kappa shape index (κ2) is 4.84. The van der Waals surface area contributed by atoms with Crippen LogP contribution in [0, 0.1) is 6.92 Å². The predicted molar refractivity (Wildman–Crippen MR) is 61.8 cm³/mol. The fourth-order valence-corrected chi connectivity index (χ4v) is 2.38. The highest BCUT2D eigenvalue weighted by Gasteiger charge is 2.13. The van der Waals surface area contributed by atoms with Crippen molar-refractivity contribution in [3.05, 3.63) is 11.8 Å². The van der Waals surface area contributed by atoms with Crippen LogP contribution in [0.15, 0.2) is 11.1 Å². The molecule has 1 aromatic rings. The summed E-state index contributed by atoms with van der Waals surface area (Å²) in [4.78, 5) is 0. The normalized spacial score (nSPS) is 15.5. The zero-order valence-electron chi connectivity index (χ0n) is 9.53. The first-order valence-electron chi connectivity index (χ1n) is 4.89. The van der Waals surface area contributed by atoms with Crippen molar-refractivity contribution in [3.8, 4) is 0 Å². The molecule has 4 heteroatoms. The molecule has 1 rings (SSSR count). The van der Waals surface area contributed by atoms with Crippen molar-refractivity contribution < 1.29 is 0 Å². The van der Waals surface area contributed by atoms with Gasteiger partial charge in [0.05, 0.1) is 10.7 Å². The highest BCUT2D eigenvalue weighted by atomic mass is 32.2. The number of hydrogen-bond donors (Lipinski definition) is 1. The smallest absolute Gasteiger partial charge is 0.0942 e. The molecule has 0 aliphatic rings. The van der Waals surface area contributed by atoms with E-state index in [2.05, 4.69) is 30.3 Å². The van der Waals surface area contributed by atoms with Crippen LogP contribution in [-0.2, 0) is 7.05 Å². The second-order valence-corrected chi connectivity index (χ2v) is 5.05. The summed E-state index contributed by atoms with van der Waals surface area (Å²) in [5, 5.41) is 9.37. The number of hydrogen-bond acceptors (Lipinski definition) is 3. The van der Waals surface area contributed by atoms with Crippen molar-refractivity contribution in [3.63, 3.8) is 0 Å². The molecule has 0 fully saturated rings. The Balaban J connectivity index is 2.64. The maximum atomic E-state index is 4.32. The lowest BCUT2D eigenvalue weighted by molar-refractivity contribution is 0.602. The molecule has 0 spiro atoms. The number of thioether (sulfide) groups is 1. The molecule has 1 N–H and O–H groups in total. The minimum atomic E-state index is 0.509.